The van der Waals surface area contributed by atoms with Crippen LogP contribution in [0.2, 0.25) is 0 Å². The molecule has 2 rings (SSSR count). The number of carbonyl (C=O) groups excluding carboxylic acids is 1. The molecule has 1 heterocycles. The van der Waals surface area contributed by atoms with Crippen LogP contribution in [0.3, 0.4) is 0 Å². The second-order valence-corrected chi connectivity index (χ2v) is 5.48. The number of nitrogens with zero attached hydrogens (tertiary/aromatic N) is 1. The van der Waals surface area contributed by atoms with E-state index in [1.807, 2.05) is 32.3 Å². The molecule has 0 atom stereocenters. The van der Waals surface area contributed by atoms with Crippen molar-refractivity contribution < 1.29 is 14.3 Å². The fraction of sp³-hybridized carbons (Fsp3) is 0.562. The minimum atomic E-state index is 0.120. The second kappa shape index (κ2) is 7.88. The lowest BCUT2D eigenvalue weighted by molar-refractivity contribution is -0.121. The van der Waals surface area contributed by atoms with E-state index in [2.05, 4.69) is 10.2 Å². The molecule has 1 N–H and O–H groups in total. The minimum absolute atomic E-state index is 0.120. The van der Waals surface area contributed by atoms with Crippen LogP contribution in [-0.4, -0.2) is 51.2 Å². The first-order chi connectivity index (χ1) is 10.1. The molecule has 0 unspecified atom stereocenters. The Morgan fingerprint density at radius 3 is 2.76 bits per heavy atom. The molecule has 1 aromatic carbocycles. The summed E-state index contributed by atoms with van der Waals surface area (Å²) in [5.74, 6) is 1.75. The van der Waals surface area contributed by atoms with Gasteiger partial charge >= 0.3 is 0 Å². The summed E-state index contributed by atoms with van der Waals surface area (Å²) in [4.78, 5) is 13.7. The van der Waals surface area contributed by atoms with Gasteiger partial charge in [-0.3, -0.25) is 4.79 Å². The van der Waals surface area contributed by atoms with Gasteiger partial charge in [0.05, 0.1) is 0 Å². The van der Waals surface area contributed by atoms with E-state index in [9.17, 15) is 4.79 Å². The summed E-state index contributed by atoms with van der Waals surface area (Å²) >= 11 is 0. The van der Waals surface area contributed by atoms with E-state index in [1.54, 1.807) is 0 Å². The number of hydrogen-bond acceptors (Lipinski definition) is 4. The monoisotopic (exact) mass is 292 g/mol. The van der Waals surface area contributed by atoms with E-state index < -0.39 is 0 Å². The van der Waals surface area contributed by atoms with Gasteiger partial charge in [-0.15, -0.1) is 0 Å². The molecule has 0 saturated carbocycles. The largest absolute Gasteiger partial charge is 0.486 e. The van der Waals surface area contributed by atoms with Crippen LogP contribution in [0.15, 0.2) is 18.2 Å². The maximum atomic E-state index is 11.7. The average Bonchev–Trinajstić information content (AvgIpc) is 2.47. The number of hydrogen-bond donors (Lipinski definition) is 1. The standard InChI is InChI=1S/C16H24N2O3/c1-18(2)9-8-17-16(19)5-3-4-13-6-7-14-15(12-13)21-11-10-20-14/h6-7,12H,3-5,8-11H2,1-2H3,(H,17,19). The molecule has 0 spiro atoms. The van der Waals surface area contributed by atoms with Gasteiger partial charge in [0.25, 0.3) is 0 Å². The highest BCUT2D eigenvalue weighted by molar-refractivity contribution is 5.75. The Balaban J connectivity index is 1.70. The van der Waals surface area contributed by atoms with Gasteiger partial charge < -0.3 is 19.7 Å². The quantitative estimate of drug-likeness (QED) is 0.826. The summed E-state index contributed by atoms with van der Waals surface area (Å²) in [6.07, 6.45) is 2.27. The van der Waals surface area contributed by atoms with Gasteiger partial charge in [0.2, 0.25) is 5.91 Å². The van der Waals surface area contributed by atoms with Crippen molar-refractivity contribution >= 4 is 5.91 Å². The Bertz CT molecular complexity index is 475. The number of amides is 1. The Labute approximate surface area is 126 Å². The third-order valence-electron chi connectivity index (χ3n) is 3.36. The lowest BCUT2D eigenvalue weighted by Gasteiger charge is -2.18. The lowest BCUT2D eigenvalue weighted by atomic mass is 10.1. The maximum absolute atomic E-state index is 11.7. The number of nitrogens with one attached hydrogen (secondary N) is 1. The molecule has 1 amide bonds. The Kier molecular flexibility index (Phi) is 5.87. The molecule has 0 saturated heterocycles. The smallest absolute Gasteiger partial charge is 0.220 e. The predicted octanol–water partition coefficient (Wildman–Crippen LogP) is 1.46. The van der Waals surface area contributed by atoms with Crippen LogP contribution in [0.4, 0.5) is 0 Å². The van der Waals surface area contributed by atoms with Crippen molar-refractivity contribution in [3.05, 3.63) is 23.8 Å². The molecule has 0 aliphatic carbocycles. The van der Waals surface area contributed by atoms with Gasteiger partial charge in [-0.25, -0.2) is 0 Å². The number of likely N-dealkylation sites (N-methyl/N-ethyl adjacent to an activating group) is 1. The van der Waals surface area contributed by atoms with Crippen molar-refractivity contribution in [3.8, 4) is 11.5 Å². The highest BCUT2D eigenvalue weighted by Gasteiger charge is 2.11. The van der Waals surface area contributed by atoms with Crippen LogP contribution < -0.4 is 14.8 Å². The molecule has 0 aromatic heterocycles. The minimum Gasteiger partial charge on any atom is -0.486 e. The molecular weight excluding hydrogens is 268 g/mol. The van der Waals surface area contributed by atoms with Gasteiger partial charge in [-0.1, -0.05) is 6.07 Å². The number of carbonyl (C=O) groups is 1. The molecule has 1 aliphatic heterocycles. The Morgan fingerprint density at radius 2 is 2.00 bits per heavy atom. The van der Waals surface area contributed by atoms with Gasteiger partial charge in [-0.2, -0.15) is 0 Å². The molecule has 0 fully saturated rings. The zero-order chi connectivity index (χ0) is 15.1. The summed E-state index contributed by atoms with van der Waals surface area (Å²) in [7, 11) is 3.99. The van der Waals surface area contributed by atoms with E-state index in [0.717, 1.165) is 30.9 Å². The summed E-state index contributed by atoms with van der Waals surface area (Å²) in [5.41, 5.74) is 1.18. The van der Waals surface area contributed by atoms with Crippen molar-refractivity contribution in [1.82, 2.24) is 10.2 Å². The summed E-state index contributed by atoms with van der Waals surface area (Å²) in [6, 6.07) is 6.00. The molecular formula is C16H24N2O3. The number of benzene rings is 1. The van der Waals surface area contributed by atoms with Crippen LogP contribution in [0.5, 0.6) is 11.5 Å². The first-order valence-electron chi connectivity index (χ1n) is 7.45. The molecule has 1 aromatic rings. The van der Waals surface area contributed by atoms with Crippen molar-refractivity contribution in [3.63, 3.8) is 0 Å². The van der Waals surface area contributed by atoms with Gasteiger partial charge in [0, 0.05) is 19.5 Å². The second-order valence-electron chi connectivity index (χ2n) is 5.48. The Hall–Kier alpha value is -1.75. The van der Waals surface area contributed by atoms with E-state index in [4.69, 9.17) is 9.47 Å². The molecule has 116 valence electrons. The number of fused-ring (bicyclic) bond motifs is 1. The molecule has 5 heteroatoms. The molecule has 0 radical (unpaired) electrons. The zero-order valence-electron chi connectivity index (χ0n) is 12.9. The topological polar surface area (TPSA) is 50.8 Å². The average molecular weight is 292 g/mol. The summed E-state index contributed by atoms with van der Waals surface area (Å²) < 4.78 is 11.0. The van der Waals surface area contributed by atoms with E-state index in [1.165, 1.54) is 5.56 Å². The molecule has 21 heavy (non-hydrogen) atoms. The zero-order valence-corrected chi connectivity index (χ0v) is 12.9. The fourth-order valence-electron chi connectivity index (χ4n) is 2.20. The summed E-state index contributed by atoms with van der Waals surface area (Å²) in [6.45, 7) is 2.79. The predicted molar refractivity (Wildman–Crippen MR) is 81.9 cm³/mol. The third kappa shape index (κ3) is 5.27. The van der Waals surface area contributed by atoms with Crippen LogP contribution in [-0.2, 0) is 11.2 Å². The SMILES string of the molecule is CN(C)CCNC(=O)CCCc1ccc2c(c1)OCCO2. The van der Waals surface area contributed by atoms with E-state index >= 15 is 0 Å². The van der Waals surface area contributed by atoms with Crippen LogP contribution in [0, 0.1) is 0 Å². The van der Waals surface area contributed by atoms with Crippen LogP contribution in [0.1, 0.15) is 18.4 Å². The number of ether oxygens (including phenoxy) is 2. The van der Waals surface area contributed by atoms with Crippen molar-refractivity contribution in [2.75, 3.05) is 40.4 Å². The lowest BCUT2D eigenvalue weighted by Crippen LogP contribution is -2.31. The van der Waals surface area contributed by atoms with Gasteiger partial charge in [-0.05, 0) is 44.6 Å². The Morgan fingerprint density at radius 1 is 1.24 bits per heavy atom. The maximum Gasteiger partial charge on any atom is 0.220 e. The van der Waals surface area contributed by atoms with Gasteiger partial charge in [0.1, 0.15) is 13.2 Å². The van der Waals surface area contributed by atoms with Crippen molar-refractivity contribution in [2.45, 2.75) is 19.3 Å². The highest BCUT2D eigenvalue weighted by Crippen LogP contribution is 2.31. The van der Waals surface area contributed by atoms with Gasteiger partial charge in [0.15, 0.2) is 11.5 Å². The van der Waals surface area contributed by atoms with E-state index in [-0.39, 0.29) is 5.91 Å². The third-order valence-corrected chi connectivity index (χ3v) is 3.36. The van der Waals surface area contributed by atoms with Crippen molar-refractivity contribution in [1.29, 1.82) is 0 Å². The van der Waals surface area contributed by atoms with Crippen molar-refractivity contribution in [2.24, 2.45) is 0 Å². The normalized spacial score (nSPS) is 13.3. The summed E-state index contributed by atoms with van der Waals surface area (Å²) in [5, 5.41) is 2.92. The molecule has 1 aliphatic rings. The number of aryl methyl sites for hydroxylation is 1. The van der Waals surface area contributed by atoms with Crippen LogP contribution >= 0.6 is 0 Å². The molecule has 0 bridgehead atoms. The fourth-order valence-corrected chi connectivity index (χ4v) is 2.20. The van der Waals surface area contributed by atoms with Crippen LogP contribution in [0.25, 0.3) is 0 Å². The highest BCUT2D eigenvalue weighted by atomic mass is 16.6. The first-order valence-corrected chi connectivity index (χ1v) is 7.45. The molecule has 5 nitrogen and oxygen atoms in total. The first kappa shape index (κ1) is 15.6. The van der Waals surface area contributed by atoms with E-state index in [0.29, 0.717) is 26.2 Å². The number of rotatable bonds is 7.